The fourth-order valence-electron chi connectivity index (χ4n) is 2.68. The Labute approximate surface area is 150 Å². The van der Waals surface area contributed by atoms with E-state index in [4.69, 9.17) is 9.51 Å². The van der Waals surface area contributed by atoms with Gasteiger partial charge in [0.25, 0.3) is 5.56 Å². The summed E-state index contributed by atoms with van der Waals surface area (Å²) in [5.41, 5.74) is 0.748. The molecular weight excluding hydrogens is 336 g/mol. The van der Waals surface area contributed by atoms with E-state index in [1.54, 1.807) is 11.5 Å². The van der Waals surface area contributed by atoms with Crippen molar-refractivity contribution in [2.24, 2.45) is 0 Å². The predicted molar refractivity (Wildman–Crippen MR) is 98.7 cm³/mol. The first-order valence-corrected chi connectivity index (χ1v) is 9.59. The summed E-state index contributed by atoms with van der Waals surface area (Å²) >= 11 is 1.47. The fourth-order valence-corrected chi connectivity index (χ4v) is 3.55. The van der Waals surface area contributed by atoms with Gasteiger partial charge >= 0.3 is 0 Å². The molecule has 0 radical (unpaired) electrons. The van der Waals surface area contributed by atoms with Crippen LogP contribution in [0.15, 0.2) is 38.7 Å². The van der Waals surface area contributed by atoms with Gasteiger partial charge in [-0.25, -0.2) is 4.98 Å². The van der Waals surface area contributed by atoms with Crippen molar-refractivity contribution in [2.45, 2.75) is 57.0 Å². The molecule has 0 aliphatic carbocycles. The van der Waals surface area contributed by atoms with Gasteiger partial charge < -0.3 is 4.52 Å². The number of aromatic nitrogens is 4. The molecule has 3 aromatic rings. The number of benzene rings is 1. The van der Waals surface area contributed by atoms with Crippen LogP contribution in [0.2, 0.25) is 0 Å². The molecule has 0 saturated heterocycles. The maximum atomic E-state index is 12.9. The predicted octanol–water partition coefficient (Wildman–Crippen LogP) is 3.96. The van der Waals surface area contributed by atoms with E-state index in [2.05, 4.69) is 17.1 Å². The number of hydrogen-bond donors (Lipinski definition) is 0. The molecule has 0 aliphatic rings. The van der Waals surface area contributed by atoms with Gasteiger partial charge in [-0.05, 0) is 18.6 Å². The number of aryl methyl sites for hydroxylation is 1. The highest BCUT2D eigenvalue weighted by Gasteiger charge is 2.13. The van der Waals surface area contributed by atoms with Gasteiger partial charge in [0.15, 0.2) is 11.0 Å². The number of para-hydroxylation sites is 1. The second-order valence-electron chi connectivity index (χ2n) is 5.95. The lowest BCUT2D eigenvalue weighted by Gasteiger charge is -2.12. The molecule has 0 fully saturated rings. The lowest BCUT2D eigenvalue weighted by molar-refractivity contribution is 0.389. The molecule has 0 spiro atoms. The summed E-state index contributed by atoms with van der Waals surface area (Å²) in [6.45, 7) is 4.63. The van der Waals surface area contributed by atoms with Crippen LogP contribution in [0, 0.1) is 6.92 Å². The standard InChI is InChI=1S/C18H22N4O2S/c1-3-4-5-8-11-22-17(23)14-9-6-7-10-15(14)20-18(22)25-12-16-19-13(2)24-21-16/h6-7,9-10H,3-5,8,11-12H2,1-2H3. The summed E-state index contributed by atoms with van der Waals surface area (Å²) < 4.78 is 6.79. The highest BCUT2D eigenvalue weighted by molar-refractivity contribution is 7.98. The number of thioether (sulfide) groups is 1. The van der Waals surface area contributed by atoms with Crippen molar-refractivity contribution in [3.05, 3.63) is 46.3 Å². The topological polar surface area (TPSA) is 73.8 Å². The van der Waals surface area contributed by atoms with Gasteiger partial charge in [0.1, 0.15) is 0 Å². The number of fused-ring (bicyclic) bond motifs is 1. The number of hydrogen-bond acceptors (Lipinski definition) is 6. The summed E-state index contributed by atoms with van der Waals surface area (Å²) in [5.74, 6) is 1.68. The Hall–Kier alpha value is -2.15. The zero-order valence-electron chi connectivity index (χ0n) is 14.6. The van der Waals surface area contributed by atoms with Crippen LogP contribution in [-0.2, 0) is 12.3 Å². The van der Waals surface area contributed by atoms with Crippen LogP contribution in [0.5, 0.6) is 0 Å². The first-order valence-electron chi connectivity index (χ1n) is 8.60. The molecule has 2 heterocycles. The Bertz CT molecular complexity index is 903. The first kappa shape index (κ1) is 17.7. The SMILES string of the molecule is CCCCCCn1c(SCc2noc(C)n2)nc2ccccc2c1=O. The molecule has 0 aliphatic heterocycles. The largest absolute Gasteiger partial charge is 0.340 e. The third kappa shape index (κ3) is 4.28. The molecule has 0 bridgehead atoms. The third-order valence-electron chi connectivity index (χ3n) is 3.96. The molecule has 0 saturated carbocycles. The minimum atomic E-state index is 0.0221. The second-order valence-corrected chi connectivity index (χ2v) is 6.89. The fraction of sp³-hybridized carbons (Fsp3) is 0.444. The van der Waals surface area contributed by atoms with E-state index in [1.165, 1.54) is 24.6 Å². The van der Waals surface area contributed by atoms with E-state index in [9.17, 15) is 4.79 Å². The van der Waals surface area contributed by atoms with E-state index >= 15 is 0 Å². The average molecular weight is 358 g/mol. The van der Waals surface area contributed by atoms with Crippen molar-refractivity contribution >= 4 is 22.7 Å². The summed E-state index contributed by atoms with van der Waals surface area (Å²) in [5, 5.41) is 5.29. The van der Waals surface area contributed by atoms with Crippen LogP contribution < -0.4 is 5.56 Å². The van der Waals surface area contributed by atoms with Crippen LogP contribution in [0.4, 0.5) is 0 Å². The lowest BCUT2D eigenvalue weighted by atomic mass is 10.2. The van der Waals surface area contributed by atoms with Gasteiger partial charge in [-0.3, -0.25) is 9.36 Å². The maximum absolute atomic E-state index is 12.9. The molecule has 0 amide bonds. The quantitative estimate of drug-likeness (QED) is 0.345. The average Bonchev–Trinajstić information content (AvgIpc) is 3.04. The van der Waals surface area contributed by atoms with Crippen LogP contribution in [0.25, 0.3) is 10.9 Å². The van der Waals surface area contributed by atoms with Gasteiger partial charge in [-0.15, -0.1) is 0 Å². The highest BCUT2D eigenvalue weighted by Crippen LogP contribution is 2.21. The van der Waals surface area contributed by atoms with Crippen molar-refractivity contribution < 1.29 is 4.52 Å². The van der Waals surface area contributed by atoms with Crippen LogP contribution in [0.1, 0.15) is 44.3 Å². The van der Waals surface area contributed by atoms with Gasteiger partial charge in [-0.2, -0.15) is 4.98 Å². The van der Waals surface area contributed by atoms with Gasteiger partial charge in [-0.1, -0.05) is 55.2 Å². The molecule has 25 heavy (non-hydrogen) atoms. The van der Waals surface area contributed by atoms with Crippen molar-refractivity contribution in [3.8, 4) is 0 Å². The number of unbranched alkanes of at least 4 members (excludes halogenated alkanes) is 3. The first-order chi connectivity index (χ1) is 12.2. The highest BCUT2D eigenvalue weighted by atomic mass is 32.2. The monoisotopic (exact) mass is 358 g/mol. The Morgan fingerprint density at radius 1 is 1.16 bits per heavy atom. The molecule has 132 valence electrons. The summed E-state index contributed by atoms with van der Waals surface area (Å²) in [4.78, 5) is 21.8. The zero-order chi connectivity index (χ0) is 17.6. The molecule has 6 nitrogen and oxygen atoms in total. The van der Waals surface area contributed by atoms with Crippen LogP contribution >= 0.6 is 11.8 Å². The molecular formula is C18H22N4O2S. The molecule has 2 aromatic heterocycles. The van der Waals surface area contributed by atoms with E-state index in [1.807, 2.05) is 24.3 Å². The van der Waals surface area contributed by atoms with Crippen molar-refractivity contribution in [1.82, 2.24) is 19.7 Å². The van der Waals surface area contributed by atoms with Gasteiger partial charge in [0, 0.05) is 13.5 Å². The van der Waals surface area contributed by atoms with Crippen molar-refractivity contribution in [2.75, 3.05) is 0 Å². The summed E-state index contributed by atoms with van der Waals surface area (Å²) in [6, 6.07) is 7.49. The van der Waals surface area contributed by atoms with Crippen LogP contribution in [0.3, 0.4) is 0 Å². The van der Waals surface area contributed by atoms with E-state index in [0.717, 1.165) is 18.4 Å². The Morgan fingerprint density at radius 3 is 2.76 bits per heavy atom. The molecule has 0 unspecified atom stereocenters. The lowest BCUT2D eigenvalue weighted by Crippen LogP contribution is -2.23. The summed E-state index contributed by atoms with van der Waals surface area (Å²) in [6.07, 6.45) is 4.44. The second kappa shape index (κ2) is 8.29. The van der Waals surface area contributed by atoms with Crippen molar-refractivity contribution in [1.29, 1.82) is 0 Å². The zero-order valence-corrected chi connectivity index (χ0v) is 15.4. The van der Waals surface area contributed by atoms with E-state index in [-0.39, 0.29) is 5.56 Å². The Kier molecular flexibility index (Phi) is 5.86. The van der Waals surface area contributed by atoms with Gasteiger partial charge in [0.05, 0.1) is 16.7 Å². The number of nitrogens with zero attached hydrogens (tertiary/aromatic N) is 4. The minimum Gasteiger partial charge on any atom is -0.340 e. The minimum absolute atomic E-state index is 0.0221. The maximum Gasteiger partial charge on any atom is 0.262 e. The van der Waals surface area contributed by atoms with Crippen molar-refractivity contribution in [3.63, 3.8) is 0 Å². The van der Waals surface area contributed by atoms with Crippen LogP contribution in [-0.4, -0.2) is 19.7 Å². The Morgan fingerprint density at radius 2 is 2.00 bits per heavy atom. The smallest absolute Gasteiger partial charge is 0.262 e. The molecule has 0 N–H and O–H groups in total. The molecule has 1 aromatic carbocycles. The Balaban J connectivity index is 1.88. The van der Waals surface area contributed by atoms with Gasteiger partial charge in [0.2, 0.25) is 5.89 Å². The molecule has 0 atom stereocenters. The third-order valence-corrected chi connectivity index (χ3v) is 4.93. The summed E-state index contributed by atoms with van der Waals surface area (Å²) in [7, 11) is 0. The van der Waals surface area contributed by atoms with E-state index < -0.39 is 0 Å². The normalized spacial score (nSPS) is 11.3. The molecule has 3 rings (SSSR count). The molecule has 7 heteroatoms. The number of rotatable bonds is 8. The van der Waals surface area contributed by atoms with E-state index in [0.29, 0.717) is 34.6 Å².